The van der Waals surface area contributed by atoms with Crippen LogP contribution in [-0.4, -0.2) is 40.5 Å². The first-order valence-corrected chi connectivity index (χ1v) is 8.59. The molecule has 8 heteroatoms. The molecule has 1 aromatic carbocycles. The lowest BCUT2D eigenvalue weighted by molar-refractivity contribution is -0.140. The number of carbonyl (C=O) groups excluding carboxylic acids is 1. The van der Waals surface area contributed by atoms with Gasteiger partial charge in [0.1, 0.15) is 17.1 Å². The Morgan fingerprint density at radius 3 is 3.00 bits per heavy atom. The Hall–Kier alpha value is -2.87. The molecule has 0 fully saturated rings. The number of aromatic amines is 1. The third-order valence-electron chi connectivity index (χ3n) is 3.91. The van der Waals surface area contributed by atoms with E-state index in [2.05, 4.69) is 9.97 Å². The van der Waals surface area contributed by atoms with Gasteiger partial charge in [-0.1, -0.05) is 12.1 Å². The summed E-state index contributed by atoms with van der Waals surface area (Å²) in [7, 11) is 1.64. The van der Waals surface area contributed by atoms with E-state index < -0.39 is 6.10 Å². The smallest absolute Gasteiger partial charge is 0.268 e. The lowest BCUT2D eigenvalue weighted by Crippen LogP contribution is -2.44. The minimum atomic E-state index is -0.725. The molecule has 1 unspecified atom stereocenters. The molecule has 1 aliphatic heterocycles. The van der Waals surface area contributed by atoms with Gasteiger partial charge in [-0.25, -0.2) is 4.98 Å². The molecule has 1 atom stereocenters. The summed E-state index contributed by atoms with van der Waals surface area (Å²) in [6.07, 6.45) is -0.725. The molecule has 0 saturated heterocycles. The van der Waals surface area contributed by atoms with Crippen molar-refractivity contribution < 1.29 is 14.3 Å². The molecule has 3 aromatic rings. The van der Waals surface area contributed by atoms with Gasteiger partial charge in [0.15, 0.2) is 11.5 Å². The molecule has 7 nitrogen and oxygen atoms in total. The SMILES string of the molecule is CN(Cc1nc2ccsc2c(=O)[nH]1)C(=O)C1COc2ccccc2O1. The predicted molar refractivity (Wildman–Crippen MR) is 93.1 cm³/mol. The van der Waals surface area contributed by atoms with E-state index in [1.54, 1.807) is 25.2 Å². The summed E-state index contributed by atoms with van der Waals surface area (Å²) < 4.78 is 11.9. The Morgan fingerprint density at radius 2 is 2.16 bits per heavy atom. The summed E-state index contributed by atoms with van der Waals surface area (Å²) in [5, 5.41) is 1.82. The van der Waals surface area contributed by atoms with Gasteiger partial charge in [-0.05, 0) is 23.6 Å². The highest BCUT2D eigenvalue weighted by molar-refractivity contribution is 7.17. The van der Waals surface area contributed by atoms with Crippen LogP contribution in [-0.2, 0) is 11.3 Å². The number of aromatic nitrogens is 2. The zero-order chi connectivity index (χ0) is 17.4. The number of benzene rings is 1. The topological polar surface area (TPSA) is 84.5 Å². The van der Waals surface area contributed by atoms with Gasteiger partial charge < -0.3 is 19.4 Å². The monoisotopic (exact) mass is 357 g/mol. The number of nitrogens with one attached hydrogen (secondary N) is 1. The number of rotatable bonds is 3. The zero-order valence-corrected chi connectivity index (χ0v) is 14.2. The first-order chi connectivity index (χ1) is 12.1. The van der Waals surface area contributed by atoms with E-state index in [9.17, 15) is 9.59 Å². The second kappa shape index (κ2) is 6.21. The fourth-order valence-corrected chi connectivity index (χ4v) is 3.41. The molecule has 4 rings (SSSR count). The number of amides is 1. The highest BCUT2D eigenvalue weighted by Crippen LogP contribution is 2.31. The summed E-state index contributed by atoms with van der Waals surface area (Å²) in [4.78, 5) is 33.2. The van der Waals surface area contributed by atoms with Crippen molar-refractivity contribution in [2.75, 3.05) is 13.7 Å². The van der Waals surface area contributed by atoms with Gasteiger partial charge >= 0.3 is 0 Å². The molecule has 3 heterocycles. The molecule has 0 aliphatic carbocycles. The first-order valence-electron chi connectivity index (χ1n) is 7.71. The van der Waals surface area contributed by atoms with Crippen molar-refractivity contribution in [2.24, 2.45) is 0 Å². The second-order valence-corrected chi connectivity index (χ2v) is 6.62. The summed E-state index contributed by atoms with van der Waals surface area (Å²) in [5.41, 5.74) is 0.442. The van der Waals surface area contributed by atoms with Crippen LogP contribution in [0.15, 0.2) is 40.5 Å². The summed E-state index contributed by atoms with van der Waals surface area (Å²) in [6, 6.07) is 9.01. The lowest BCUT2D eigenvalue weighted by atomic mass is 10.2. The second-order valence-electron chi connectivity index (χ2n) is 5.71. The van der Waals surface area contributed by atoms with Gasteiger partial charge in [-0.2, -0.15) is 0 Å². The van der Waals surface area contributed by atoms with Crippen molar-refractivity contribution in [1.82, 2.24) is 14.9 Å². The van der Waals surface area contributed by atoms with Crippen LogP contribution in [0.3, 0.4) is 0 Å². The van der Waals surface area contributed by atoms with E-state index in [4.69, 9.17) is 9.47 Å². The van der Waals surface area contributed by atoms with E-state index in [0.717, 1.165) is 0 Å². The molecule has 25 heavy (non-hydrogen) atoms. The number of carbonyl (C=O) groups is 1. The largest absolute Gasteiger partial charge is 0.485 e. The maximum absolute atomic E-state index is 12.6. The van der Waals surface area contributed by atoms with E-state index in [-0.39, 0.29) is 24.6 Å². The highest BCUT2D eigenvalue weighted by Gasteiger charge is 2.30. The van der Waals surface area contributed by atoms with Crippen LogP contribution in [0.5, 0.6) is 11.5 Å². The van der Waals surface area contributed by atoms with Gasteiger partial charge in [-0.3, -0.25) is 9.59 Å². The number of para-hydroxylation sites is 2. The molecule has 128 valence electrons. The van der Waals surface area contributed by atoms with E-state index in [1.165, 1.54) is 16.2 Å². The fraction of sp³-hybridized carbons (Fsp3) is 0.235. The van der Waals surface area contributed by atoms with Crippen LogP contribution in [0.1, 0.15) is 5.82 Å². The quantitative estimate of drug-likeness (QED) is 0.772. The van der Waals surface area contributed by atoms with Gasteiger partial charge in [0.25, 0.3) is 11.5 Å². The van der Waals surface area contributed by atoms with Crippen LogP contribution in [0.25, 0.3) is 10.2 Å². The minimum absolute atomic E-state index is 0.147. The van der Waals surface area contributed by atoms with E-state index in [0.29, 0.717) is 27.5 Å². The number of thiophene rings is 1. The number of H-pyrrole nitrogens is 1. The molecule has 1 amide bonds. The van der Waals surface area contributed by atoms with Gasteiger partial charge in [0.05, 0.1) is 12.1 Å². The van der Waals surface area contributed by atoms with Crippen molar-refractivity contribution in [3.63, 3.8) is 0 Å². The Morgan fingerprint density at radius 1 is 1.36 bits per heavy atom. The summed E-state index contributed by atoms with van der Waals surface area (Å²) in [5.74, 6) is 1.38. The standard InChI is InChI=1S/C17H15N3O4S/c1-20(8-14-18-10-6-7-25-15(10)16(21)19-14)17(22)13-9-23-11-4-2-3-5-12(11)24-13/h2-7,13H,8-9H2,1H3,(H,18,19,21). The zero-order valence-electron chi connectivity index (χ0n) is 13.4. The van der Waals surface area contributed by atoms with Crippen molar-refractivity contribution in [3.8, 4) is 11.5 Å². The maximum atomic E-state index is 12.6. The molecule has 1 aliphatic rings. The molecule has 2 aromatic heterocycles. The maximum Gasteiger partial charge on any atom is 0.268 e. The molecule has 0 spiro atoms. The number of likely N-dealkylation sites (N-methyl/N-ethyl adjacent to an activating group) is 1. The Bertz CT molecular complexity index is 997. The van der Waals surface area contributed by atoms with Gasteiger partial charge in [-0.15, -0.1) is 11.3 Å². The molecular weight excluding hydrogens is 342 g/mol. The van der Waals surface area contributed by atoms with Gasteiger partial charge in [0.2, 0.25) is 6.10 Å². The fourth-order valence-electron chi connectivity index (χ4n) is 2.69. The molecule has 0 radical (unpaired) electrons. The Balaban J connectivity index is 1.49. The average Bonchev–Trinajstić information content (AvgIpc) is 3.09. The lowest BCUT2D eigenvalue weighted by Gasteiger charge is -2.28. The number of hydrogen-bond donors (Lipinski definition) is 1. The summed E-state index contributed by atoms with van der Waals surface area (Å²) in [6.45, 7) is 0.328. The minimum Gasteiger partial charge on any atom is -0.485 e. The Kier molecular flexibility index (Phi) is 3.89. The van der Waals surface area contributed by atoms with Crippen LogP contribution in [0, 0.1) is 0 Å². The Labute approximate surface area is 146 Å². The molecule has 0 bridgehead atoms. The molecule has 0 saturated carbocycles. The van der Waals surface area contributed by atoms with Crippen LogP contribution in [0.4, 0.5) is 0 Å². The van der Waals surface area contributed by atoms with Gasteiger partial charge in [0, 0.05) is 7.05 Å². The van der Waals surface area contributed by atoms with Crippen LogP contribution >= 0.6 is 11.3 Å². The van der Waals surface area contributed by atoms with E-state index in [1.807, 2.05) is 17.5 Å². The number of hydrogen-bond acceptors (Lipinski definition) is 6. The van der Waals surface area contributed by atoms with Crippen molar-refractivity contribution in [1.29, 1.82) is 0 Å². The van der Waals surface area contributed by atoms with Crippen molar-refractivity contribution in [2.45, 2.75) is 12.6 Å². The van der Waals surface area contributed by atoms with Crippen LogP contribution < -0.4 is 15.0 Å². The number of ether oxygens (including phenoxy) is 2. The highest BCUT2D eigenvalue weighted by atomic mass is 32.1. The molecule has 1 N–H and O–H groups in total. The summed E-state index contributed by atoms with van der Waals surface area (Å²) >= 11 is 1.34. The average molecular weight is 357 g/mol. The third-order valence-corrected chi connectivity index (χ3v) is 4.81. The molecular formula is C17H15N3O4S. The van der Waals surface area contributed by atoms with E-state index >= 15 is 0 Å². The number of nitrogens with zero attached hydrogens (tertiary/aromatic N) is 2. The number of fused-ring (bicyclic) bond motifs is 2. The van der Waals surface area contributed by atoms with Crippen molar-refractivity contribution >= 4 is 27.5 Å². The third kappa shape index (κ3) is 2.96. The first kappa shape index (κ1) is 15.6. The normalized spacial score (nSPS) is 16.0. The van der Waals surface area contributed by atoms with Crippen LogP contribution in [0.2, 0.25) is 0 Å². The predicted octanol–water partition coefficient (Wildman–Crippen LogP) is 1.78. The van der Waals surface area contributed by atoms with Crippen molar-refractivity contribution in [3.05, 3.63) is 51.9 Å².